The van der Waals surface area contributed by atoms with Gasteiger partial charge in [0.05, 0.1) is 4.92 Å². The number of carbonyl (C=O) groups is 1. The predicted molar refractivity (Wildman–Crippen MR) is 77.8 cm³/mol. The zero-order valence-corrected chi connectivity index (χ0v) is 11.5. The van der Waals surface area contributed by atoms with E-state index in [2.05, 4.69) is 4.98 Å². The van der Waals surface area contributed by atoms with Crippen LogP contribution in [0.2, 0.25) is 0 Å². The number of aldehydes is 1. The lowest BCUT2D eigenvalue weighted by atomic mass is 10.3. The summed E-state index contributed by atoms with van der Waals surface area (Å²) in [5, 5.41) is 11.2. The van der Waals surface area contributed by atoms with Crippen LogP contribution < -0.4 is 0 Å². The van der Waals surface area contributed by atoms with Gasteiger partial charge in [0.1, 0.15) is 16.4 Å². The molecular formula is C14H9N3O3S. The average Bonchev–Trinajstić information content (AvgIpc) is 2.84. The Balaban J connectivity index is 1.97. The Morgan fingerprint density at radius 2 is 1.95 bits per heavy atom. The summed E-state index contributed by atoms with van der Waals surface area (Å²) in [7, 11) is 0. The largest absolute Gasteiger partial charge is 0.296 e. The van der Waals surface area contributed by atoms with Gasteiger partial charge in [-0.3, -0.25) is 19.3 Å². The van der Waals surface area contributed by atoms with Gasteiger partial charge in [0.2, 0.25) is 0 Å². The third-order valence-electron chi connectivity index (χ3n) is 2.91. The van der Waals surface area contributed by atoms with E-state index in [0.717, 1.165) is 11.2 Å². The molecule has 7 heteroatoms. The van der Waals surface area contributed by atoms with Crippen molar-refractivity contribution in [3.05, 3.63) is 64.5 Å². The number of carbonyl (C=O) groups excluding carboxylic acids is 1. The van der Waals surface area contributed by atoms with E-state index >= 15 is 0 Å². The van der Waals surface area contributed by atoms with Crippen LogP contribution in [0.15, 0.2) is 58.6 Å². The van der Waals surface area contributed by atoms with E-state index in [0.29, 0.717) is 16.4 Å². The molecule has 0 N–H and O–H groups in total. The van der Waals surface area contributed by atoms with Crippen molar-refractivity contribution < 1.29 is 9.72 Å². The van der Waals surface area contributed by atoms with Crippen LogP contribution in [0.25, 0.3) is 5.65 Å². The van der Waals surface area contributed by atoms with Crippen LogP contribution in [0.4, 0.5) is 5.69 Å². The van der Waals surface area contributed by atoms with E-state index in [4.69, 9.17) is 0 Å². The average molecular weight is 299 g/mol. The number of imidazole rings is 1. The highest BCUT2D eigenvalue weighted by Crippen LogP contribution is 2.30. The minimum Gasteiger partial charge on any atom is -0.296 e. The van der Waals surface area contributed by atoms with Gasteiger partial charge in [-0.05, 0) is 24.3 Å². The maximum atomic E-state index is 11.3. The van der Waals surface area contributed by atoms with Crippen molar-refractivity contribution in [3.8, 4) is 0 Å². The molecule has 0 aliphatic carbocycles. The lowest BCUT2D eigenvalue weighted by Gasteiger charge is -1.99. The zero-order valence-electron chi connectivity index (χ0n) is 10.7. The number of benzene rings is 1. The van der Waals surface area contributed by atoms with Gasteiger partial charge in [0, 0.05) is 23.2 Å². The highest BCUT2D eigenvalue weighted by Gasteiger charge is 2.13. The summed E-state index contributed by atoms with van der Waals surface area (Å²) in [6.07, 6.45) is 2.53. The molecule has 0 fully saturated rings. The highest BCUT2D eigenvalue weighted by atomic mass is 32.2. The first-order valence-corrected chi connectivity index (χ1v) is 6.85. The van der Waals surface area contributed by atoms with Crippen LogP contribution in [-0.2, 0) is 0 Å². The standard InChI is InChI=1S/C14H9N3O3S/c18-9-12-14(15-13-3-1-2-8-16(12)13)21-11-6-4-10(5-7-11)17(19)20/h1-9H. The first-order chi connectivity index (χ1) is 10.2. The maximum Gasteiger partial charge on any atom is 0.269 e. The molecule has 6 nitrogen and oxygen atoms in total. The fourth-order valence-electron chi connectivity index (χ4n) is 1.92. The number of hydrogen-bond donors (Lipinski definition) is 0. The molecule has 2 heterocycles. The van der Waals surface area contributed by atoms with Crippen LogP contribution in [0.5, 0.6) is 0 Å². The van der Waals surface area contributed by atoms with Crippen molar-refractivity contribution in [1.29, 1.82) is 0 Å². The van der Waals surface area contributed by atoms with Gasteiger partial charge in [-0.2, -0.15) is 0 Å². The molecule has 0 bridgehead atoms. The van der Waals surface area contributed by atoms with Crippen LogP contribution in [0.1, 0.15) is 10.5 Å². The molecule has 0 radical (unpaired) electrons. The molecule has 1 aromatic carbocycles. The Labute approximate surface area is 123 Å². The number of nitrogens with zero attached hydrogens (tertiary/aromatic N) is 3. The number of nitro groups is 1. The molecule has 0 unspecified atom stereocenters. The smallest absolute Gasteiger partial charge is 0.269 e. The van der Waals surface area contributed by atoms with Crippen LogP contribution in [0, 0.1) is 10.1 Å². The summed E-state index contributed by atoms with van der Waals surface area (Å²) in [4.78, 5) is 26.6. The van der Waals surface area contributed by atoms with Gasteiger partial charge in [-0.25, -0.2) is 4.98 Å². The minimum atomic E-state index is -0.448. The second kappa shape index (κ2) is 5.37. The van der Waals surface area contributed by atoms with Crippen molar-refractivity contribution in [2.75, 3.05) is 0 Å². The third kappa shape index (κ3) is 2.50. The van der Waals surface area contributed by atoms with E-state index in [1.807, 2.05) is 18.2 Å². The predicted octanol–water partition coefficient (Wildman–Crippen LogP) is 3.21. The molecule has 104 valence electrons. The maximum absolute atomic E-state index is 11.3. The molecule has 2 aromatic heterocycles. The summed E-state index contributed by atoms with van der Waals surface area (Å²) < 4.78 is 1.71. The SMILES string of the molecule is O=Cc1c(Sc2ccc([N+](=O)[O-])cc2)nc2ccccn12. The molecule has 0 saturated carbocycles. The van der Waals surface area contributed by atoms with Gasteiger partial charge in [-0.15, -0.1) is 0 Å². The molecule has 0 aliphatic heterocycles. The number of pyridine rings is 1. The second-order valence-electron chi connectivity index (χ2n) is 4.20. The normalized spacial score (nSPS) is 10.7. The van der Waals surface area contributed by atoms with Gasteiger partial charge < -0.3 is 0 Å². The van der Waals surface area contributed by atoms with E-state index in [1.54, 1.807) is 22.7 Å². The Kier molecular flexibility index (Phi) is 3.41. The fraction of sp³-hybridized carbons (Fsp3) is 0. The van der Waals surface area contributed by atoms with Crippen LogP contribution in [-0.4, -0.2) is 20.6 Å². The molecule has 3 rings (SSSR count). The minimum absolute atomic E-state index is 0.0324. The molecule has 0 amide bonds. The quantitative estimate of drug-likeness (QED) is 0.420. The van der Waals surface area contributed by atoms with Crippen molar-refractivity contribution in [2.24, 2.45) is 0 Å². The van der Waals surface area contributed by atoms with Crippen molar-refractivity contribution in [1.82, 2.24) is 9.38 Å². The fourth-order valence-corrected chi connectivity index (χ4v) is 2.81. The first-order valence-electron chi connectivity index (χ1n) is 6.03. The zero-order chi connectivity index (χ0) is 14.8. The van der Waals surface area contributed by atoms with E-state index in [9.17, 15) is 14.9 Å². The number of nitro benzene ring substituents is 1. The summed E-state index contributed by atoms with van der Waals surface area (Å²) >= 11 is 1.30. The summed E-state index contributed by atoms with van der Waals surface area (Å²) in [5.41, 5.74) is 1.18. The highest BCUT2D eigenvalue weighted by molar-refractivity contribution is 7.99. The number of non-ortho nitro benzene ring substituents is 1. The Bertz CT molecular complexity index is 827. The molecular weight excluding hydrogens is 290 g/mol. The molecule has 21 heavy (non-hydrogen) atoms. The summed E-state index contributed by atoms with van der Waals surface area (Å²) in [6, 6.07) is 11.6. The van der Waals surface area contributed by atoms with Crippen LogP contribution in [0.3, 0.4) is 0 Å². The molecule has 0 aliphatic rings. The van der Waals surface area contributed by atoms with Crippen molar-refractivity contribution in [3.63, 3.8) is 0 Å². The number of hydrogen-bond acceptors (Lipinski definition) is 5. The Morgan fingerprint density at radius 1 is 1.19 bits per heavy atom. The number of aromatic nitrogens is 2. The van der Waals surface area contributed by atoms with E-state index < -0.39 is 4.92 Å². The molecule has 0 saturated heterocycles. The lowest BCUT2D eigenvalue weighted by Crippen LogP contribution is -1.90. The molecule has 0 atom stereocenters. The van der Waals surface area contributed by atoms with Gasteiger partial charge in [0.25, 0.3) is 5.69 Å². The monoisotopic (exact) mass is 299 g/mol. The van der Waals surface area contributed by atoms with Crippen molar-refractivity contribution in [2.45, 2.75) is 9.92 Å². The number of fused-ring (bicyclic) bond motifs is 1. The first kappa shape index (κ1) is 13.3. The van der Waals surface area contributed by atoms with E-state index in [1.165, 1.54) is 23.9 Å². The van der Waals surface area contributed by atoms with Gasteiger partial charge >= 0.3 is 0 Å². The molecule has 3 aromatic rings. The van der Waals surface area contributed by atoms with Gasteiger partial charge in [-0.1, -0.05) is 17.8 Å². The topological polar surface area (TPSA) is 77.5 Å². The van der Waals surface area contributed by atoms with Gasteiger partial charge in [0.15, 0.2) is 6.29 Å². The van der Waals surface area contributed by atoms with E-state index in [-0.39, 0.29) is 5.69 Å². The Morgan fingerprint density at radius 3 is 2.62 bits per heavy atom. The second-order valence-corrected chi connectivity index (χ2v) is 5.26. The summed E-state index contributed by atoms with van der Waals surface area (Å²) in [6.45, 7) is 0. The Hall–Kier alpha value is -2.67. The summed E-state index contributed by atoms with van der Waals surface area (Å²) in [5.74, 6) is 0. The third-order valence-corrected chi connectivity index (χ3v) is 3.91. The van der Waals surface area contributed by atoms with Crippen molar-refractivity contribution >= 4 is 29.4 Å². The number of rotatable bonds is 4. The lowest BCUT2D eigenvalue weighted by molar-refractivity contribution is -0.384. The molecule has 0 spiro atoms. The van der Waals surface area contributed by atoms with Crippen LogP contribution >= 0.6 is 11.8 Å².